The van der Waals surface area contributed by atoms with E-state index >= 15 is 0 Å². The number of aliphatic hydroxyl groups is 1. The average Bonchev–Trinajstić information content (AvgIpc) is 2.89. The highest BCUT2D eigenvalue weighted by Crippen LogP contribution is 2.35. The van der Waals surface area contributed by atoms with E-state index in [1.54, 1.807) is 36.5 Å². The maximum Gasteiger partial charge on any atom is 0.264 e. The first-order chi connectivity index (χ1) is 16.8. The zero-order valence-corrected chi connectivity index (χ0v) is 20.6. The summed E-state index contributed by atoms with van der Waals surface area (Å²) in [6.07, 6.45) is 4.01. The molecule has 0 amide bonds. The van der Waals surface area contributed by atoms with Gasteiger partial charge in [0.15, 0.2) is 0 Å². The molecule has 180 valence electrons. The van der Waals surface area contributed by atoms with Crippen LogP contribution < -0.4 is 4.31 Å². The maximum atomic E-state index is 13.2. The van der Waals surface area contributed by atoms with Gasteiger partial charge in [-0.25, -0.2) is 13.4 Å². The van der Waals surface area contributed by atoms with Crippen LogP contribution in [0.2, 0.25) is 0 Å². The molecule has 1 atom stereocenters. The quantitative estimate of drug-likeness (QED) is 0.559. The predicted octanol–water partition coefficient (Wildman–Crippen LogP) is 3.31. The summed E-state index contributed by atoms with van der Waals surface area (Å²) in [4.78, 5) is 7.06. The Labute approximate surface area is 207 Å². The minimum absolute atomic E-state index is 0.180. The van der Waals surface area contributed by atoms with Gasteiger partial charge in [0.05, 0.1) is 16.8 Å². The molecule has 3 aromatic rings. The molecule has 7 heteroatoms. The molecule has 1 unspecified atom stereocenters. The molecule has 0 radical (unpaired) electrons. The lowest BCUT2D eigenvalue weighted by Crippen LogP contribution is -2.58. The molecule has 3 saturated heterocycles. The lowest BCUT2D eigenvalue weighted by atomic mass is 9.76. The second kappa shape index (κ2) is 9.46. The van der Waals surface area contributed by atoms with Crippen molar-refractivity contribution >= 4 is 15.7 Å². The minimum Gasteiger partial charge on any atom is -0.376 e. The first-order valence-electron chi connectivity index (χ1n) is 11.9. The third-order valence-corrected chi connectivity index (χ3v) is 8.88. The van der Waals surface area contributed by atoms with Crippen molar-refractivity contribution in [3.05, 3.63) is 89.7 Å². The lowest BCUT2D eigenvalue weighted by Gasteiger charge is -2.47. The van der Waals surface area contributed by atoms with Crippen LogP contribution in [0, 0.1) is 17.8 Å². The monoisotopic (exact) mass is 487 g/mol. The molecule has 0 spiro atoms. The number of hydrogen-bond acceptors (Lipinski definition) is 5. The number of pyridine rings is 1. The van der Waals surface area contributed by atoms with E-state index in [4.69, 9.17) is 0 Å². The molecular weight excluding hydrogens is 458 g/mol. The average molecular weight is 488 g/mol. The molecule has 2 bridgehead atoms. The fourth-order valence-electron chi connectivity index (χ4n) is 4.97. The molecule has 35 heavy (non-hydrogen) atoms. The molecule has 4 heterocycles. The Balaban J connectivity index is 1.51. The van der Waals surface area contributed by atoms with Crippen LogP contribution in [0.1, 0.15) is 29.7 Å². The van der Waals surface area contributed by atoms with Crippen LogP contribution in [0.4, 0.5) is 5.69 Å². The fourth-order valence-corrected chi connectivity index (χ4v) is 6.16. The van der Waals surface area contributed by atoms with Gasteiger partial charge in [0.1, 0.15) is 11.3 Å². The Morgan fingerprint density at radius 2 is 1.74 bits per heavy atom. The van der Waals surface area contributed by atoms with Gasteiger partial charge in [-0.1, -0.05) is 54.5 Å². The van der Waals surface area contributed by atoms with Crippen molar-refractivity contribution in [1.82, 2.24) is 9.88 Å². The lowest BCUT2D eigenvalue weighted by molar-refractivity contribution is -0.0713. The fraction of sp³-hybridized carbons (Fsp3) is 0.321. The van der Waals surface area contributed by atoms with E-state index in [1.165, 1.54) is 11.4 Å². The second-order valence-corrected chi connectivity index (χ2v) is 11.3. The number of nitrogens with zero attached hydrogens (tertiary/aromatic N) is 3. The molecule has 1 N–H and O–H groups in total. The number of rotatable bonds is 5. The summed E-state index contributed by atoms with van der Waals surface area (Å²) in [7, 11) is -2.19. The molecule has 3 aliphatic heterocycles. The smallest absolute Gasteiger partial charge is 0.264 e. The normalized spacial score (nSPS) is 23.4. The van der Waals surface area contributed by atoms with Gasteiger partial charge in [-0.05, 0) is 61.2 Å². The number of hydrogen-bond donors (Lipinski definition) is 1. The highest BCUT2D eigenvalue weighted by molar-refractivity contribution is 7.92. The van der Waals surface area contributed by atoms with E-state index < -0.39 is 15.6 Å². The van der Waals surface area contributed by atoms with Crippen LogP contribution in [0.5, 0.6) is 0 Å². The first kappa shape index (κ1) is 23.6. The van der Waals surface area contributed by atoms with E-state index in [0.29, 0.717) is 24.3 Å². The van der Waals surface area contributed by atoms with E-state index in [0.717, 1.165) is 37.1 Å². The van der Waals surface area contributed by atoms with Crippen molar-refractivity contribution in [1.29, 1.82) is 0 Å². The van der Waals surface area contributed by atoms with Crippen molar-refractivity contribution in [2.24, 2.45) is 5.92 Å². The second-order valence-electron chi connectivity index (χ2n) is 9.37. The van der Waals surface area contributed by atoms with E-state index in [1.807, 2.05) is 36.4 Å². The third-order valence-electron chi connectivity index (χ3n) is 7.08. The Morgan fingerprint density at radius 1 is 1.09 bits per heavy atom. The molecule has 0 saturated carbocycles. The Hall–Kier alpha value is -3.18. The number of aromatic nitrogens is 1. The predicted molar refractivity (Wildman–Crippen MR) is 137 cm³/mol. The molecule has 2 aromatic carbocycles. The van der Waals surface area contributed by atoms with E-state index in [-0.39, 0.29) is 10.8 Å². The van der Waals surface area contributed by atoms with Crippen LogP contribution in [0.25, 0.3) is 0 Å². The summed E-state index contributed by atoms with van der Waals surface area (Å²) in [6.45, 7) is 2.60. The molecule has 1 aromatic heterocycles. The maximum absolute atomic E-state index is 13.2. The summed E-state index contributed by atoms with van der Waals surface area (Å²) < 4.78 is 27.6. The van der Waals surface area contributed by atoms with E-state index in [9.17, 15) is 13.5 Å². The highest BCUT2D eigenvalue weighted by atomic mass is 32.2. The minimum atomic E-state index is -3.73. The third kappa shape index (κ3) is 4.83. The van der Waals surface area contributed by atoms with Crippen LogP contribution in [0.15, 0.2) is 77.8 Å². The van der Waals surface area contributed by atoms with Crippen LogP contribution in [0.3, 0.4) is 0 Å². The number of fused-ring (bicyclic) bond motifs is 3. The van der Waals surface area contributed by atoms with Gasteiger partial charge >= 0.3 is 0 Å². The van der Waals surface area contributed by atoms with Gasteiger partial charge in [-0.15, -0.1) is 0 Å². The van der Waals surface area contributed by atoms with Gasteiger partial charge in [0.25, 0.3) is 10.0 Å². The summed E-state index contributed by atoms with van der Waals surface area (Å²) in [6, 6.07) is 20.2. The zero-order valence-electron chi connectivity index (χ0n) is 19.8. The molecular formula is C28H29N3O3S. The van der Waals surface area contributed by atoms with Crippen molar-refractivity contribution < 1.29 is 13.5 Å². The van der Waals surface area contributed by atoms with Gasteiger partial charge < -0.3 is 5.11 Å². The first-order valence-corrected chi connectivity index (χ1v) is 13.3. The molecule has 6 nitrogen and oxygen atoms in total. The van der Waals surface area contributed by atoms with Gasteiger partial charge in [0.2, 0.25) is 0 Å². The zero-order chi connectivity index (χ0) is 24.5. The molecule has 0 aliphatic carbocycles. The Morgan fingerprint density at radius 3 is 2.37 bits per heavy atom. The van der Waals surface area contributed by atoms with Crippen LogP contribution >= 0.6 is 0 Å². The Kier molecular flexibility index (Phi) is 6.37. The van der Waals surface area contributed by atoms with Gasteiger partial charge in [-0.3, -0.25) is 9.21 Å². The largest absolute Gasteiger partial charge is 0.376 e. The SMILES string of the molecule is CN(c1cnc(C#CC2(O)CN3CCC2CC3)c(Cc2ccccc2)c1)S(=O)(=O)c1ccccc1. The standard InChI is InChI=1S/C28H29N3O3S/c1-30(35(33,34)26-10-6-3-7-11-26)25-19-23(18-22-8-4-2-5-9-22)27(29-20-25)12-15-28(32)21-31-16-13-24(28)14-17-31/h2-11,19-20,24,32H,13-14,16-18,21H2,1H3. The van der Waals surface area contributed by atoms with Crippen molar-refractivity contribution in [3.8, 4) is 11.8 Å². The van der Waals surface area contributed by atoms with Crippen molar-refractivity contribution in [2.45, 2.75) is 29.8 Å². The van der Waals surface area contributed by atoms with Crippen molar-refractivity contribution in [3.63, 3.8) is 0 Å². The van der Waals surface area contributed by atoms with Gasteiger partial charge in [0, 0.05) is 25.9 Å². The number of sulfonamides is 1. The number of piperidine rings is 3. The van der Waals surface area contributed by atoms with Crippen molar-refractivity contribution in [2.75, 3.05) is 31.0 Å². The molecule has 3 aliphatic rings. The molecule has 3 fully saturated rings. The summed E-state index contributed by atoms with van der Waals surface area (Å²) >= 11 is 0. The summed E-state index contributed by atoms with van der Waals surface area (Å²) in [5.74, 6) is 6.49. The van der Waals surface area contributed by atoms with Gasteiger partial charge in [-0.2, -0.15) is 0 Å². The summed E-state index contributed by atoms with van der Waals surface area (Å²) in [5.41, 5.74) is 1.89. The number of anilines is 1. The van der Waals surface area contributed by atoms with Crippen LogP contribution in [-0.4, -0.2) is 55.7 Å². The molecule has 6 rings (SSSR count). The number of benzene rings is 2. The topological polar surface area (TPSA) is 73.7 Å². The van der Waals surface area contributed by atoms with E-state index in [2.05, 4.69) is 21.7 Å². The summed E-state index contributed by atoms with van der Waals surface area (Å²) in [5, 5.41) is 11.2. The highest BCUT2D eigenvalue weighted by Gasteiger charge is 2.44. The van der Waals surface area contributed by atoms with Crippen LogP contribution in [-0.2, 0) is 16.4 Å². The Bertz CT molecular complexity index is 1360.